The molecule has 3 aromatic rings. The molecule has 0 radical (unpaired) electrons. The zero-order valence-corrected chi connectivity index (χ0v) is 13.5. The van der Waals surface area contributed by atoms with Crippen LogP contribution in [0.5, 0.6) is 11.5 Å². The second-order valence-corrected chi connectivity index (χ2v) is 6.91. The lowest BCUT2D eigenvalue weighted by Gasteiger charge is -2.38. The molecular formula is C22H16O3. The largest absolute Gasteiger partial charge is 0.508 e. The molecule has 0 fully saturated rings. The van der Waals surface area contributed by atoms with Crippen molar-refractivity contribution in [1.82, 2.24) is 0 Å². The highest BCUT2D eigenvalue weighted by Crippen LogP contribution is 2.54. The SMILES string of the molecule is O=C1CC2(c3ccc(O)cc3Cc3cc(O)ccc32)c2ccccc21. The molecule has 1 spiro atoms. The molecule has 3 aromatic carbocycles. The maximum atomic E-state index is 12.8. The lowest BCUT2D eigenvalue weighted by atomic mass is 9.63. The third-order valence-corrected chi connectivity index (χ3v) is 5.59. The molecule has 0 bridgehead atoms. The van der Waals surface area contributed by atoms with E-state index in [0.29, 0.717) is 12.8 Å². The van der Waals surface area contributed by atoms with Gasteiger partial charge in [0.05, 0.1) is 5.41 Å². The molecule has 0 unspecified atom stereocenters. The molecule has 0 amide bonds. The molecule has 3 heteroatoms. The number of hydrogen-bond donors (Lipinski definition) is 2. The number of carbonyl (C=O) groups excluding carboxylic acids is 1. The molecule has 25 heavy (non-hydrogen) atoms. The first kappa shape index (κ1) is 14.3. The Hall–Kier alpha value is -3.07. The highest BCUT2D eigenvalue weighted by Gasteiger charge is 2.49. The zero-order valence-electron chi connectivity index (χ0n) is 13.5. The van der Waals surface area contributed by atoms with Crippen LogP contribution in [-0.2, 0) is 11.8 Å². The van der Waals surface area contributed by atoms with Gasteiger partial charge in [-0.25, -0.2) is 0 Å². The van der Waals surface area contributed by atoms with Gasteiger partial charge in [0, 0.05) is 12.0 Å². The molecular weight excluding hydrogens is 312 g/mol. The summed E-state index contributed by atoms with van der Waals surface area (Å²) in [6, 6.07) is 18.6. The van der Waals surface area contributed by atoms with Crippen LogP contribution in [0.2, 0.25) is 0 Å². The minimum atomic E-state index is -0.544. The molecule has 2 aliphatic rings. The van der Waals surface area contributed by atoms with E-state index in [-0.39, 0.29) is 17.3 Å². The third-order valence-electron chi connectivity index (χ3n) is 5.59. The molecule has 122 valence electrons. The van der Waals surface area contributed by atoms with E-state index < -0.39 is 5.41 Å². The van der Waals surface area contributed by atoms with E-state index >= 15 is 0 Å². The van der Waals surface area contributed by atoms with Crippen LogP contribution >= 0.6 is 0 Å². The van der Waals surface area contributed by atoms with Crippen LogP contribution in [0, 0.1) is 0 Å². The number of phenols is 2. The van der Waals surface area contributed by atoms with Crippen LogP contribution in [0.15, 0.2) is 60.7 Å². The van der Waals surface area contributed by atoms with Gasteiger partial charge in [-0.1, -0.05) is 36.4 Å². The average molecular weight is 328 g/mol. The number of phenolic OH excluding ortho intramolecular Hbond substituents is 2. The normalized spacial score (nSPS) is 16.4. The van der Waals surface area contributed by atoms with Crippen molar-refractivity contribution in [3.05, 3.63) is 94.0 Å². The number of ketones is 1. The van der Waals surface area contributed by atoms with E-state index in [0.717, 1.165) is 33.4 Å². The van der Waals surface area contributed by atoms with E-state index in [1.165, 1.54) is 0 Å². The lowest BCUT2D eigenvalue weighted by Crippen LogP contribution is -2.33. The Bertz CT molecular complexity index is 997. The van der Waals surface area contributed by atoms with E-state index in [4.69, 9.17) is 0 Å². The van der Waals surface area contributed by atoms with Crippen molar-refractivity contribution in [2.45, 2.75) is 18.3 Å². The van der Waals surface area contributed by atoms with E-state index in [1.807, 2.05) is 36.4 Å². The smallest absolute Gasteiger partial charge is 0.164 e. The van der Waals surface area contributed by atoms with Crippen LogP contribution in [0.25, 0.3) is 0 Å². The molecule has 0 heterocycles. The fourth-order valence-electron chi connectivity index (χ4n) is 4.65. The quantitative estimate of drug-likeness (QED) is 0.657. The number of Topliss-reactive ketones (excluding diaryl/α,β-unsaturated/α-hetero) is 1. The Morgan fingerprint density at radius 3 is 2.00 bits per heavy atom. The fourth-order valence-corrected chi connectivity index (χ4v) is 4.65. The second kappa shape index (κ2) is 4.73. The summed E-state index contributed by atoms with van der Waals surface area (Å²) < 4.78 is 0. The number of carbonyl (C=O) groups is 1. The Morgan fingerprint density at radius 2 is 1.36 bits per heavy atom. The predicted octanol–water partition coefficient (Wildman–Crippen LogP) is 3.92. The van der Waals surface area contributed by atoms with Gasteiger partial charge in [-0.2, -0.15) is 0 Å². The monoisotopic (exact) mass is 328 g/mol. The van der Waals surface area contributed by atoms with Gasteiger partial charge in [0.25, 0.3) is 0 Å². The first-order valence-electron chi connectivity index (χ1n) is 8.37. The fraction of sp³-hybridized carbons (Fsp3) is 0.136. The van der Waals surface area contributed by atoms with Crippen LogP contribution in [0.1, 0.15) is 44.6 Å². The van der Waals surface area contributed by atoms with E-state index in [2.05, 4.69) is 0 Å². The zero-order chi connectivity index (χ0) is 17.2. The van der Waals surface area contributed by atoms with Crippen molar-refractivity contribution in [2.75, 3.05) is 0 Å². The standard InChI is InChI=1S/C22H16O3/c23-15-5-7-18-13(10-15)9-14-11-16(24)6-8-19(14)22(18)12-21(25)17-3-1-2-4-20(17)22/h1-8,10-11,23-24H,9,12H2. The molecule has 3 nitrogen and oxygen atoms in total. The minimum absolute atomic E-state index is 0.135. The van der Waals surface area contributed by atoms with Crippen LogP contribution in [-0.4, -0.2) is 16.0 Å². The summed E-state index contributed by atoms with van der Waals surface area (Å²) in [5.41, 5.74) is 5.38. The number of fused-ring (bicyclic) bond motifs is 6. The first-order valence-corrected chi connectivity index (χ1v) is 8.37. The van der Waals surface area contributed by atoms with Gasteiger partial charge in [0.15, 0.2) is 5.78 Å². The summed E-state index contributed by atoms with van der Waals surface area (Å²) in [4.78, 5) is 12.8. The van der Waals surface area contributed by atoms with Gasteiger partial charge in [0.2, 0.25) is 0 Å². The summed E-state index contributed by atoms with van der Waals surface area (Å²) in [7, 11) is 0. The van der Waals surface area contributed by atoms with Crippen molar-refractivity contribution in [2.24, 2.45) is 0 Å². The summed E-state index contributed by atoms with van der Waals surface area (Å²) in [5.74, 6) is 0.570. The first-order chi connectivity index (χ1) is 12.1. The van der Waals surface area contributed by atoms with Crippen molar-refractivity contribution in [3.63, 3.8) is 0 Å². The van der Waals surface area contributed by atoms with Crippen molar-refractivity contribution in [1.29, 1.82) is 0 Å². The molecule has 0 aromatic heterocycles. The summed E-state index contributed by atoms with van der Waals surface area (Å²) in [6.45, 7) is 0. The number of rotatable bonds is 0. The average Bonchev–Trinajstić information content (AvgIpc) is 2.88. The summed E-state index contributed by atoms with van der Waals surface area (Å²) >= 11 is 0. The van der Waals surface area contributed by atoms with E-state index in [1.54, 1.807) is 24.3 Å². The van der Waals surface area contributed by atoms with Crippen molar-refractivity contribution >= 4 is 5.78 Å². The Balaban J connectivity index is 1.91. The predicted molar refractivity (Wildman–Crippen MR) is 94.3 cm³/mol. The maximum Gasteiger partial charge on any atom is 0.164 e. The second-order valence-electron chi connectivity index (χ2n) is 6.91. The van der Waals surface area contributed by atoms with Gasteiger partial charge in [-0.3, -0.25) is 4.79 Å². The van der Waals surface area contributed by atoms with Crippen LogP contribution in [0.4, 0.5) is 0 Å². The van der Waals surface area contributed by atoms with Crippen molar-refractivity contribution < 1.29 is 15.0 Å². The Morgan fingerprint density at radius 1 is 0.760 bits per heavy atom. The lowest BCUT2D eigenvalue weighted by molar-refractivity contribution is 0.0984. The summed E-state index contributed by atoms with van der Waals surface area (Å²) in [5, 5.41) is 19.9. The molecule has 0 saturated heterocycles. The van der Waals surface area contributed by atoms with Gasteiger partial charge in [-0.15, -0.1) is 0 Å². The van der Waals surface area contributed by atoms with Gasteiger partial charge in [-0.05, 0) is 58.5 Å². The Labute approximate surface area is 145 Å². The third kappa shape index (κ3) is 1.78. The molecule has 2 aliphatic carbocycles. The van der Waals surface area contributed by atoms with Gasteiger partial charge >= 0.3 is 0 Å². The highest BCUT2D eigenvalue weighted by atomic mass is 16.3. The molecule has 0 aliphatic heterocycles. The van der Waals surface area contributed by atoms with Gasteiger partial charge < -0.3 is 10.2 Å². The number of hydrogen-bond acceptors (Lipinski definition) is 3. The topological polar surface area (TPSA) is 57.5 Å². The van der Waals surface area contributed by atoms with E-state index in [9.17, 15) is 15.0 Å². The van der Waals surface area contributed by atoms with Crippen LogP contribution in [0.3, 0.4) is 0 Å². The summed E-state index contributed by atoms with van der Waals surface area (Å²) in [6.07, 6.45) is 1.01. The van der Waals surface area contributed by atoms with Crippen LogP contribution < -0.4 is 0 Å². The maximum absolute atomic E-state index is 12.8. The van der Waals surface area contributed by atoms with Gasteiger partial charge in [0.1, 0.15) is 11.5 Å². The Kier molecular flexibility index (Phi) is 2.70. The molecule has 0 atom stereocenters. The van der Waals surface area contributed by atoms with Crippen molar-refractivity contribution in [3.8, 4) is 11.5 Å². The molecule has 0 saturated carbocycles. The number of aromatic hydroxyl groups is 2. The molecule has 5 rings (SSSR count). The minimum Gasteiger partial charge on any atom is -0.508 e. The number of benzene rings is 3. The molecule has 2 N–H and O–H groups in total. The highest BCUT2D eigenvalue weighted by molar-refractivity contribution is 6.04.